The van der Waals surface area contributed by atoms with Crippen LogP contribution in [0.15, 0.2) is 11.6 Å². The minimum atomic E-state index is -0.213. The predicted molar refractivity (Wildman–Crippen MR) is 82.2 cm³/mol. The van der Waals surface area contributed by atoms with Gasteiger partial charge in [0.25, 0.3) is 0 Å². The fraction of sp³-hybridized carbons (Fsp3) is 0.688. The highest BCUT2D eigenvalue weighted by atomic mass is 16.5. The molecule has 1 atom stereocenters. The quantitative estimate of drug-likeness (QED) is 0.865. The summed E-state index contributed by atoms with van der Waals surface area (Å²) in [7, 11) is 0. The van der Waals surface area contributed by atoms with Gasteiger partial charge in [0.05, 0.1) is 13.2 Å². The van der Waals surface area contributed by atoms with Crippen LogP contribution in [0.5, 0.6) is 0 Å². The smallest absolute Gasteiger partial charge is 0.226 e. The van der Waals surface area contributed by atoms with E-state index in [2.05, 4.69) is 21.3 Å². The number of rotatable bonds is 4. The van der Waals surface area contributed by atoms with Crippen molar-refractivity contribution in [2.75, 3.05) is 19.7 Å². The molecule has 120 valence electrons. The first-order valence-electron chi connectivity index (χ1n) is 8.24. The summed E-state index contributed by atoms with van der Waals surface area (Å²) in [6.45, 7) is 3.78. The predicted octanol–water partition coefficient (Wildman–Crippen LogP) is 2.16. The molecule has 1 aromatic heterocycles. The van der Waals surface area contributed by atoms with Gasteiger partial charge in [-0.1, -0.05) is 18.6 Å². The Morgan fingerprint density at radius 2 is 2.41 bits per heavy atom. The van der Waals surface area contributed by atoms with E-state index in [-0.39, 0.29) is 12.0 Å². The van der Waals surface area contributed by atoms with Gasteiger partial charge in [-0.3, -0.25) is 9.89 Å². The maximum Gasteiger partial charge on any atom is 0.226 e. The van der Waals surface area contributed by atoms with Gasteiger partial charge in [0.15, 0.2) is 5.82 Å². The van der Waals surface area contributed by atoms with Gasteiger partial charge in [0.1, 0.15) is 11.9 Å². The van der Waals surface area contributed by atoms with Crippen molar-refractivity contribution in [1.82, 2.24) is 20.1 Å². The van der Waals surface area contributed by atoms with Crippen LogP contribution >= 0.6 is 0 Å². The molecule has 3 rings (SSSR count). The van der Waals surface area contributed by atoms with Gasteiger partial charge in [-0.2, -0.15) is 5.10 Å². The maximum absolute atomic E-state index is 12.5. The van der Waals surface area contributed by atoms with Gasteiger partial charge < -0.3 is 9.64 Å². The molecule has 1 aromatic rings. The van der Waals surface area contributed by atoms with Gasteiger partial charge in [-0.25, -0.2) is 4.98 Å². The molecule has 1 amide bonds. The number of carbonyl (C=O) groups is 1. The summed E-state index contributed by atoms with van der Waals surface area (Å²) in [6.07, 6.45) is 8.05. The van der Waals surface area contributed by atoms with Crippen LogP contribution in [0, 0.1) is 0 Å². The molecular formula is C16H24N4O2. The molecule has 6 heteroatoms. The zero-order valence-electron chi connectivity index (χ0n) is 13.2. The highest BCUT2D eigenvalue weighted by Crippen LogP contribution is 2.23. The summed E-state index contributed by atoms with van der Waals surface area (Å²) in [6, 6.07) is 0. The molecule has 1 fully saturated rings. The lowest BCUT2D eigenvalue weighted by atomic mass is 9.97. The van der Waals surface area contributed by atoms with E-state index in [9.17, 15) is 4.79 Å². The maximum atomic E-state index is 12.5. The second kappa shape index (κ2) is 7.05. The standard InChI is InChI=1S/C16H24N4O2/c1-2-14-17-16(19-18-14)13-11-20(8-9-22-13)15(21)10-12-6-4-3-5-7-12/h6,13H,2-5,7-11H2,1H3,(H,17,18,19)/t13-/m1/s1. The van der Waals surface area contributed by atoms with Crippen LogP contribution in [0.1, 0.15) is 56.8 Å². The monoisotopic (exact) mass is 304 g/mol. The van der Waals surface area contributed by atoms with E-state index in [1.807, 2.05) is 11.8 Å². The van der Waals surface area contributed by atoms with Gasteiger partial charge in [0.2, 0.25) is 5.91 Å². The SMILES string of the molecule is CCc1nc([C@H]2CN(C(=O)CC3=CCCCC3)CCO2)n[nH]1. The van der Waals surface area contributed by atoms with Crippen LogP contribution in [0.4, 0.5) is 0 Å². The van der Waals surface area contributed by atoms with Crippen molar-refractivity contribution in [3.05, 3.63) is 23.3 Å². The Bertz CT molecular complexity index is 552. The van der Waals surface area contributed by atoms with Crippen LogP contribution in [0.3, 0.4) is 0 Å². The summed E-state index contributed by atoms with van der Waals surface area (Å²) < 4.78 is 5.74. The Labute approximate surface area is 130 Å². The summed E-state index contributed by atoms with van der Waals surface area (Å²) in [5.41, 5.74) is 1.30. The van der Waals surface area contributed by atoms with Crippen LogP contribution in [-0.4, -0.2) is 45.7 Å². The van der Waals surface area contributed by atoms with E-state index in [4.69, 9.17) is 4.74 Å². The topological polar surface area (TPSA) is 71.1 Å². The van der Waals surface area contributed by atoms with Crippen molar-refractivity contribution < 1.29 is 9.53 Å². The number of hydrogen-bond acceptors (Lipinski definition) is 4. The lowest BCUT2D eigenvalue weighted by Gasteiger charge is -2.32. The molecule has 0 unspecified atom stereocenters. The van der Waals surface area contributed by atoms with E-state index in [0.29, 0.717) is 31.9 Å². The molecule has 0 bridgehead atoms. The minimum Gasteiger partial charge on any atom is -0.366 e. The average molecular weight is 304 g/mol. The van der Waals surface area contributed by atoms with Gasteiger partial charge in [-0.15, -0.1) is 0 Å². The fourth-order valence-corrected chi connectivity index (χ4v) is 3.02. The van der Waals surface area contributed by atoms with Crippen molar-refractivity contribution >= 4 is 5.91 Å². The Hall–Kier alpha value is -1.69. The number of hydrogen-bond donors (Lipinski definition) is 1. The van der Waals surface area contributed by atoms with E-state index in [1.54, 1.807) is 0 Å². The van der Waals surface area contributed by atoms with Crippen LogP contribution < -0.4 is 0 Å². The molecule has 6 nitrogen and oxygen atoms in total. The van der Waals surface area contributed by atoms with Crippen molar-refractivity contribution in [2.24, 2.45) is 0 Å². The molecule has 22 heavy (non-hydrogen) atoms. The Morgan fingerprint density at radius 1 is 1.50 bits per heavy atom. The normalized spacial score (nSPS) is 22.5. The average Bonchev–Trinajstić information content (AvgIpc) is 3.05. The molecule has 0 radical (unpaired) electrons. The number of aryl methyl sites for hydroxylation is 1. The number of nitrogens with zero attached hydrogens (tertiary/aromatic N) is 3. The van der Waals surface area contributed by atoms with E-state index < -0.39 is 0 Å². The molecule has 2 heterocycles. The second-order valence-corrected chi connectivity index (χ2v) is 5.98. The lowest BCUT2D eigenvalue weighted by Crippen LogP contribution is -2.42. The highest BCUT2D eigenvalue weighted by Gasteiger charge is 2.28. The number of morpholine rings is 1. The van der Waals surface area contributed by atoms with Crippen LogP contribution in [-0.2, 0) is 16.0 Å². The number of allylic oxidation sites excluding steroid dienone is 1. The van der Waals surface area contributed by atoms with Crippen LogP contribution in [0.25, 0.3) is 0 Å². The molecule has 1 aliphatic carbocycles. The third-order valence-electron chi connectivity index (χ3n) is 4.35. The summed E-state index contributed by atoms with van der Waals surface area (Å²) >= 11 is 0. The Balaban J connectivity index is 1.59. The first-order valence-corrected chi connectivity index (χ1v) is 8.24. The fourth-order valence-electron chi connectivity index (χ4n) is 3.02. The molecule has 1 saturated heterocycles. The molecule has 0 spiro atoms. The Kier molecular flexibility index (Phi) is 4.87. The second-order valence-electron chi connectivity index (χ2n) is 5.98. The lowest BCUT2D eigenvalue weighted by molar-refractivity contribution is -0.138. The van der Waals surface area contributed by atoms with Crippen molar-refractivity contribution in [1.29, 1.82) is 0 Å². The molecule has 2 aliphatic rings. The van der Waals surface area contributed by atoms with E-state index in [1.165, 1.54) is 18.4 Å². The summed E-state index contributed by atoms with van der Waals surface area (Å²) in [5, 5.41) is 7.12. The number of H-pyrrole nitrogens is 1. The van der Waals surface area contributed by atoms with Crippen molar-refractivity contribution in [3.63, 3.8) is 0 Å². The van der Waals surface area contributed by atoms with E-state index in [0.717, 1.165) is 25.1 Å². The molecule has 0 aromatic carbocycles. The zero-order valence-corrected chi connectivity index (χ0v) is 13.2. The van der Waals surface area contributed by atoms with Crippen LogP contribution in [0.2, 0.25) is 0 Å². The third kappa shape index (κ3) is 3.55. The van der Waals surface area contributed by atoms with Gasteiger partial charge in [-0.05, 0) is 25.7 Å². The van der Waals surface area contributed by atoms with E-state index >= 15 is 0 Å². The number of aromatic amines is 1. The molecule has 1 N–H and O–H groups in total. The van der Waals surface area contributed by atoms with Crippen molar-refractivity contribution in [3.8, 4) is 0 Å². The number of amides is 1. The Morgan fingerprint density at radius 3 is 3.14 bits per heavy atom. The molecular weight excluding hydrogens is 280 g/mol. The van der Waals surface area contributed by atoms with Gasteiger partial charge in [0, 0.05) is 19.4 Å². The number of aromatic nitrogens is 3. The largest absolute Gasteiger partial charge is 0.366 e. The number of carbonyl (C=O) groups excluding carboxylic acids is 1. The first kappa shape index (κ1) is 15.2. The number of nitrogens with one attached hydrogen (secondary N) is 1. The highest BCUT2D eigenvalue weighted by molar-refractivity contribution is 5.78. The zero-order chi connectivity index (χ0) is 15.4. The summed E-state index contributed by atoms with van der Waals surface area (Å²) in [5.74, 6) is 1.72. The molecule has 1 aliphatic heterocycles. The van der Waals surface area contributed by atoms with Gasteiger partial charge >= 0.3 is 0 Å². The molecule has 0 saturated carbocycles. The summed E-state index contributed by atoms with van der Waals surface area (Å²) in [4.78, 5) is 18.8. The third-order valence-corrected chi connectivity index (χ3v) is 4.35. The van der Waals surface area contributed by atoms with Crippen molar-refractivity contribution in [2.45, 2.75) is 51.6 Å². The first-order chi connectivity index (χ1) is 10.8. The minimum absolute atomic E-state index is 0.202. The number of ether oxygens (including phenoxy) is 1.